The van der Waals surface area contributed by atoms with Crippen molar-refractivity contribution in [2.45, 2.75) is 6.42 Å². The Morgan fingerprint density at radius 3 is 2.75 bits per heavy atom. The van der Waals surface area contributed by atoms with Crippen molar-refractivity contribution in [1.29, 1.82) is 0 Å². The van der Waals surface area contributed by atoms with Crippen molar-refractivity contribution in [2.75, 3.05) is 6.61 Å². The van der Waals surface area contributed by atoms with Gasteiger partial charge >= 0.3 is 29.6 Å². The molecule has 0 saturated carbocycles. The number of aliphatic carboxylic acids is 1. The molecule has 0 aliphatic carbocycles. The monoisotopic (exact) mass is 248 g/mol. The fourth-order valence-electron chi connectivity index (χ4n) is 1.09. The topological polar surface area (TPSA) is 49.4 Å². The number of rotatable bonds is 5. The van der Waals surface area contributed by atoms with Crippen LogP contribution in [-0.4, -0.2) is 12.6 Å². The molecule has 1 rings (SSSR count). The first kappa shape index (κ1) is 15.5. The molecular formula is C11H10ClNaO3. The van der Waals surface area contributed by atoms with Gasteiger partial charge in [-0.25, -0.2) is 0 Å². The van der Waals surface area contributed by atoms with Crippen LogP contribution in [0.1, 0.15) is 5.56 Å². The summed E-state index contributed by atoms with van der Waals surface area (Å²) in [7, 11) is 0. The van der Waals surface area contributed by atoms with Crippen LogP contribution in [0, 0.1) is 0 Å². The van der Waals surface area contributed by atoms with Gasteiger partial charge in [0.05, 0.1) is 5.02 Å². The Labute approximate surface area is 121 Å². The van der Waals surface area contributed by atoms with Crippen LogP contribution < -0.4 is 39.4 Å². The van der Waals surface area contributed by atoms with Crippen molar-refractivity contribution in [2.24, 2.45) is 0 Å². The average molecular weight is 249 g/mol. The van der Waals surface area contributed by atoms with Crippen LogP contribution in [0.2, 0.25) is 5.02 Å². The molecule has 0 unspecified atom stereocenters. The summed E-state index contributed by atoms with van der Waals surface area (Å²) < 4.78 is 5.23. The number of hydrogen-bond donors (Lipinski definition) is 0. The van der Waals surface area contributed by atoms with E-state index in [1.165, 1.54) is 0 Å². The van der Waals surface area contributed by atoms with Gasteiger partial charge in [-0.05, 0) is 17.7 Å². The van der Waals surface area contributed by atoms with Crippen molar-refractivity contribution < 1.29 is 44.2 Å². The van der Waals surface area contributed by atoms with Gasteiger partial charge in [0.15, 0.2) is 0 Å². The predicted octanol–water partition coefficient (Wildman–Crippen LogP) is -1.80. The smallest absolute Gasteiger partial charge is 0.550 e. The van der Waals surface area contributed by atoms with Crippen molar-refractivity contribution in [3.8, 4) is 5.75 Å². The van der Waals surface area contributed by atoms with Gasteiger partial charge in [0, 0.05) is 12.4 Å². The Balaban J connectivity index is 0.00000225. The zero-order chi connectivity index (χ0) is 11.3. The maximum absolute atomic E-state index is 10.3. The molecule has 0 radical (unpaired) electrons. The van der Waals surface area contributed by atoms with E-state index in [0.717, 1.165) is 0 Å². The van der Waals surface area contributed by atoms with Crippen molar-refractivity contribution in [3.05, 3.63) is 41.4 Å². The van der Waals surface area contributed by atoms with Gasteiger partial charge < -0.3 is 14.6 Å². The van der Waals surface area contributed by atoms with Crippen LogP contribution in [0.25, 0.3) is 0 Å². The minimum absolute atomic E-state index is 0. The average Bonchev–Trinajstić information content (AvgIpc) is 2.15. The summed E-state index contributed by atoms with van der Waals surface area (Å²) in [6.45, 7) is 3.87. The number of halogens is 1. The summed E-state index contributed by atoms with van der Waals surface area (Å²) in [5, 5.41) is 10.7. The maximum Gasteiger partial charge on any atom is 1.00 e. The van der Waals surface area contributed by atoms with Crippen molar-refractivity contribution in [1.82, 2.24) is 0 Å². The van der Waals surface area contributed by atoms with Crippen LogP contribution in [0.4, 0.5) is 0 Å². The predicted molar refractivity (Wildman–Crippen MR) is 55.9 cm³/mol. The molecule has 0 aliphatic rings. The summed E-state index contributed by atoms with van der Waals surface area (Å²) in [4.78, 5) is 10.3. The van der Waals surface area contributed by atoms with Crippen LogP contribution in [0.3, 0.4) is 0 Å². The van der Waals surface area contributed by atoms with E-state index in [4.69, 9.17) is 16.3 Å². The molecule has 0 amide bonds. The minimum Gasteiger partial charge on any atom is -0.550 e. The van der Waals surface area contributed by atoms with E-state index in [9.17, 15) is 9.90 Å². The van der Waals surface area contributed by atoms with E-state index < -0.39 is 5.97 Å². The van der Waals surface area contributed by atoms with E-state index in [0.29, 0.717) is 22.9 Å². The third kappa shape index (κ3) is 5.03. The number of carbonyl (C=O) groups is 1. The summed E-state index contributed by atoms with van der Waals surface area (Å²) >= 11 is 5.88. The van der Waals surface area contributed by atoms with Crippen LogP contribution in [0.15, 0.2) is 30.9 Å². The van der Waals surface area contributed by atoms with E-state index in [2.05, 4.69) is 6.58 Å². The molecule has 0 aromatic heterocycles. The Morgan fingerprint density at radius 1 is 1.56 bits per heavy atom. The summed E-state index contributed by atoms with van der Waals surface area (Å²) in [6, 6.07) is 4.82. The molecule has 0 aliphatic heterocycles. The molecule has 0 fully saturated rings. The molecule has 0 spiro atoms. The van der Waals surface area contributed by atoms with Crippen molar-refractivity contribution >= 4 is 17.6 Å². The van der Waals surface area contributed by atoms with Gasteiger partial charge in [0.1, 0.15) is 12.4 Å². The second-order valence-electron chi connectivity index (χ2n) is 2.91. The first-order valence-corrected chi connectivity index (χ1v) is 4.73. The molecule has 0 N–H and O–H groups in total. The third-order valence-corrected chi connectivity index (χ3v) is 2.00. The number of carbonyl (C=O) groups excluding carboxylic acids is 1. The molecule has 80 valence electrons. The number of carboxylic acids is 1. The Bertz CT molecular complexity index is 379. The molecule has 1 aromatic carbocycles. The number of benzene rings is 1. The molecule has 1 aromatic rings. The van der Waals surface area contributed by atoms with Crippen LogP contribution in [0.5, 0.6) is 5.75 Å². The zero-order valence-corrected chi connectivity index (χ0v) is 11.8. The summed E-state index contributed by atoms with van der Waals surface area (Å²) in [5.41, 5.74) is 0.589. The maximum atomic E-state index is 10.3. The molecule has 0 bridgehead atoms. The molecular weight excluding hydrogens is 239 g/mol. The largest absolute Gasteiger partial charge is 1.00 e. The van der Waals surface area contributed by atoms with Gasteiger partial charge in [0.2, 0.25) is 0 Å². The second-order valence-corrected chi connectivity index (χ2v) is 3.32. The standard InChI is InChI=1S/C11H11ClO3.Na/c1-2-5-15-10-4-3-8(6-9(10)12)7-11(13)14;/h2-4,6H,1,5,7H2,(H,13,14);/q;+1/p-1. The van der Waals surface area contributed by atoms with Crippen molar-refractivity contribution in [3.63, 3.8) is 0 Å². The van der Waals surface area contributed by atoms with E-state index in [1.807, 2.05) is 0 Å². The molecule has 0 heterocycles. The van der Waals surface area contributed by atoms with Gasteiger partial charge in [-0.1, -0.05) is 30.3 Å². The van der Waals surface area contributed by atoms with Gasteiger partial charge in [-0.3, -0.25) is 0 Å². The quantitative estimate of drug-likeness (QED) is 0.456. The molecule has 16 heavy (non-hydrogen) atoms. The molecule has 0 atom stereocenters. The SMILES string of the molecule is C=CCOc1ccc(CC(=O)[O-])cc1Cl.[Na+]. The Hall–Kier alpha value is -0.480. The zero-order valence-electron chi connectivity index (χ0n) is 9.03. The van der Waals surface area contributed by atoms with E-state index in [1.54, 1.807) is 24.3 Å². The van der Waals surface area contributed by atoms with Gasteiger partial charge in [-0.2, -0.15) is 0 Å². The Morgan fingerprint density at radius 2 is 2.25 bits per heavy atom. The molecule has 5 heteroatoms. The van der Waals surface area contributed by atoms with E-state index in [-0.39, 0.29) is 36.0 Å². The van der Waals surface area contributed by atoms with Gasteiger partial charge in [-0.15, -0.1) is 0 Å². The number of carboxylic acid groups (broad SMARTS) is 1. The first-order valence-electron chi connectivity index (χ1n) is 4.35. The number of hydrogen-bond acceptors (Lipinski definition) is 3. The fourth-order valence-corrected chi connectivity index (χ4v) is 1.34. The van der Waals surface area contributed by atoms with Gasteiger partial charge in [0.25, 0.3) is 0 Å². The third-order valence-electron chi connectivity index (χ3n) is 1.70. The first-order chi connectivity index (χ1) is 7.13. The minimum atomic E-state index is -1.13. The number of ether oxygens (including phenoxy) is 1. The summed E-state index contributed by atoms with van der Waals surface area (Å²) in [6.07, 6.45) is 1.45. The Kier molecular flexibility index (Phi) is 7.51. The van der Waals surface area contributed by atoms with Crippen LogP contribution in [-0.2, 0) is 11.2 Å². The van der Waals surface area contributed by atoms with Crippen LogP contribution >= 0.6 is 11.6 Å². The fraction of sp³-hybridized carbons (Fsp3) is 0.182. The summed E-state index contributed by atoms with van der Waals surface area (Å²) in [5.74, 6) is -0.621. The normalized spacial score (nSPS) is 9.06. The molecule has 0 saturated heterocycles. The van der Waals surface area contributed by atoms with E-state index >= 15 is 0 Å². The molecule has 3 nitrogen and oxygen atoms in total. The second kappa shape index (κ2) is 7.74.